The lowest BCUT2D eigenvalue weighted by atomic mass is 9.77. The van der Waals surface area contributed by atoms with Crippen LogP contribution in [0.25, 0.3) is 0 Å². The van der Waals surface area contributed by atoms with Crippen molar-refractivity contribution in [1.82, 2.24) is 0 Å². The van der Waals surface area contributed by atoms with Gasteiger partial charge < -0.3 is 24.1 Å². The molecule has 22 heavy (non-hydrogen) atoms. The molecule has 1 N–H and O–H groups in total. The van der Waals surface area contributed by atoms with Crippen LogP contribution in [0.1, 0.15) is 6.92 Å². The van der Waals surface area contributed by atoms with Crippen molar-refractivity contribution in [3.63, 3.8) is 0 Å². The normalized spacial score (nSPS) is 45.5. The summed E-state index contributed by atoms with van der Waals surface area (Å²) >= 11 is 0. The molecule has 7 heteroatoms. The van der Waals surface area contributed by atoms with Gasteiger partial charge in [0.2, 0.25) is 6.29 Å². The zero-order valence-corrected chi connectivity index (χ0v) is 12.1. The standard InChI is InChI=1S/C15H16O7/c1-6(16)9-11-15(22-13(9)18)4-3-7-8(12(17)19-2)5-20-14(21-11)10(7)15/h3-7,9-11,14,16H,1-2H3/t6-,7-,9-,10+,11+,14+,15-/m0/s1. The molecule has 3 heterocycles. The number of aliphatic hydroxyl groups excluding tert-OH is 1. The molecule has 7 nitrogen and oxygen atoms in total. The van der Waals surface area contributed by atoms with Crippen LogP contribution in [0.2, 0.25) is 0 Å². The molecule has 1 aliphatic carbocycles. The predicted molar refractivity (Wildman–Crippen MR) is 70.0 cm³/mol. The van der Waals surface area contributed by atoms with Crippen molar-refractivity contribution in [3.05, 3.63) is 24.0 Å². The molecule has 2 fully saturated rings. The summed E-state index contributed by atoms with van der Waals surface area (Å²) in [4.78, 5) is 24.0. The first-order valence-electron chi connectivity index (χ1n) is 7.19. The second-order valence-corrected chi connectivity index (χ2v) is 6.08. The van der Waals surface area contributed by atoms with Crippen molar-refractivity contribution in [2.75, 3.05) is 7.11 Å². The lowest BCUT2D eigenvalue weighted by Crippen LogP contribution is -2.44. The molecule has 1 spiro atoms. The molecule has 118 valence electrons. The zero-order valence-electron chi connectivity index (χ0n) is 12.1. The quantitative estimate of drug-likeness (QED) is 0.562. The van der Waals surface area contributed by atoms with Crippen molar-refractivity contribution in [2.45, 2.75) is 31.0 Å². The summed E-state index contributed by atoms with van der Waals surface area (Å²) in [5.41, 5.74) is -0.612. The highest BCUT2D eigenvalue weighted by atomic mass is 16.7. The van der Waals surface area contributed by atoms with Crippen LogP contribution in [0.15, 0.2) is 24.0 Å². The fourth-order valence-corrected chi connectivity index (χ4v) is 4.04. The van der Waals surface area contributed by atoms with Crippen LogP contribution >= 0.6 is 0 Å². The molecular formula is C15H16O7. The van der Waals surface area contributed by atoms with Crippen molar-refractivity contribution < 1.29 is 33.6 Å². The number of esters is 2. The molecule has 3 aliphatic heterocycles. The van der Waals surface area contributed by atoms with Gasteiger partial charge in [-0.15, -0.1) is 0 Å². The van der Waals surface area contributed by atoms with Gasteiger partial charge in [0, 0.05) is 5.92 Å². The van der Waals surface area contributed by atoms with E-state index in [1.807, 2.05) is 6.08 Å². The number of allylic oxidation sites excluding steroid dienone is 1. The van der Waals surface area contributed by atoms with Gasteiger partial charge in [-0.2, -0.15) is 0 Å². The number of aliphatic hydroxyl groups is 1. The Morgan fingerprint density at radius 2 is 2.27 bits per heavy atom. The predicted octanol–water partition coefficient (Wildman–Crippen LogP) is -0.107. The molecule has 0 radical (unpaired) electrons. The summed E-state index contributed by atoms with van der Waals surface area (Å²) in [5, 5.41) is 9.87. The first-order valence-corrected chi connectivity index (χ1v) is 7.19. The lowest BCUT2D eigenvalue weighted by molar-refractivity contribution is -0.166. The fraction of sp³-hybridized carbons (Fsp3) is 0.600. The maximum atomic E-state index is 12.1. The van der Waals surface area contributed by atoms with Crippen LogP contribution in [0, 0.1) is 17.8 Å². The second kappa shape index (κ2) is 4.33. The van der Waals surface area contributed by atoms with Gasteiger partial charge in [-0.05, 0) is 13.0 Å². The Morgan fingerprint density at radius 1 is 1.50 bits per heavy atom. The van der Waals surface area contributed by atoms with Gasteiger partial charge in [0.05, 0.1) is 31.0 Å². The Bertz CT molecular complexity index is 607. The number of hydrogen-bond acceptors (Lipinski definition) is 7. The topological polar surface area (TPSA) is 91.3 Å². The summed E-state index contributed by atoms with van der Waals surface area (Å²) in [6, 6.07) is 0. The molecule has 0 aromatic rings. The van der Waals surface area contributed by atoms with Gasteiger partial charge in [-0.25, -0.2) is 4.79 Å². The Morgan fingerprint density at radius 3 is 2.95 bits per heavy atom. The highest BCUT2D eigenvalue weighted by Gasteiger charge is 2.72. The number of carbonyl (C=O) groups is 2. The molecule has 0 aromatic carbocycles. The average molecular weight is 308 g/mol. The van der Waals surface area contributed by atoms with Crippen LogP contribution in [-0.4, -0.2) is 48.3 Å². The Kier molecular flexibility index (Phi) is 2.71. The van der Waals surface area contributed by atoms with E-state index in [4.69, 9.17) is 18.9 Å². The fourth-order valence-electron chi connectivity index (χ4n) is 4.04. The van der Waals surface area contributed by atoms with E-state index in [1.54, 1.807) is 6.08 Å². The van der Waals surface area contributed by atoms with Gasteiger partial charge in [0.15, 0.2) is 5.60 Å². The maximum absolute atomic E-state index is 12.1. The summed E-state index contributed by atoms with van der Waals surface area (Å²) in [6.45, 7) is 1.53. The third-order valence-electron chi connectivity index (χ3n) is 5.00. The van der Waals surface area contributed by atoms with Gasteiger partial charge >= 0.3 is 11.9 Å². The third-order valence-corrected chi connectivity index (χ3v) is 5.00. The van der Waals surface area contributed by atoms with E-state index in [0.717, 1.165) is 0 Å². The van der Waals surface area contributed by atoms with E-state index >= 15 is 0 Å². The molecule has 2 saturated heterocycles. The van der Waals surface area contributed by atoms with Crippen molar-refractivity contribution in [3.8, 4) is 0 Å². The van der Waals surface area contributed by atoms with Gasteiger partial charge in [0.1, 0.15) is 12.0 Å². The smallest absolute Gasteiger partial charge is 0.337 e. The van der Waals surface area contributed by atoms with E-state index in [9.17, 15) is 14.7 Å². The van der Waals surface area contributed by atoms with E-state index in [1.165, 1.54) is 20.3 Å². The average Bonchev–Trinajstić information content (AvgIpc) is 3.07. The molecule has 0 bridgehead atoms. The van der Waals surface area contributed by atoms with E-state index in [2.05, 4.69) is 0 Å². The number of methoxy groups -OCH3 is 1. The molecule has 4 rings (SSSR count). The Hall–Kier alpha value is -1.86. The largest absolute Gasteiger partial charge is 0.471 e. The van der Waals surface area contributed by atoms with Crippen molar-refractivity contribution in [1.29, 1.82) is 0 Å². The monoisotopic (exact) mass is 308 g/mol. The maximum Gasteiger partial charge on any atom is 0.337 e. The second-order valence-electron chi connectivity index (χ2n) is 6.08. The Balaban J connectivity index is 1.74. The third kappa shape index (κ3) is 1.47. The Labute approximate surface area is 126 Å². The molecule has 7 atom stereocenters. The van der Waals surface area contributed by atoms with Crippen molar-refractivity contribution in [2.24, 2.45) is 17.8 Å². The van der Waals surface area contributed by atoms with Gasteiger partial charge in [-0.1, -0.05) is 6.08 Å². The van der Waals surface area contributed by atoms with Gasteiger partial charge in [-0.3, -0.25) is 4.79 Å². The summed E-state index contributed by atoms with van der Waals surface area (Å²) in [5.74, 6) is -2.37. The zero-order chi connectivity index (χ0) is 15.6. The SMILES string of the molecule is COC(=O)C1=CO[C@@H]2O[C@@H]3[C@H]([C@H](C)O)C(=O)O[C@]34C=C[C@@H]1[C@H]24. The molecule has 0 saturated carbocycles. The summed E-state index contributed by atoms with van der Waals surface area (Å²) in [7, 11) is 1.30. The summed E-state index contributed by atoms with van der Waals surface area (Å²) in [6.07, 6.45) is 2.81. The number of ether oxygens (including phenoxy) is 4. The van der Waals surface area contributed by atoms with Crippen LogP contribution < -0.4 is 0 Å². The van der Waals surface area contributed by atoms with E-state index < -0.39 is 42.0 Å². The minimum Gasteiger partial charge on any atom is -0.471 e. The van der Waals surface area contributed by atoms with Crippen LogP contribution in [-0.2, 0) is 28.5 Å². The van der Waals surface area contributed by atoms with Crippen LogP contribution in [0.3, 0.4) is 0 Å². The number of rotatable bonds is 2. The minimum atomic E-state index is -0.985. The van der Waals surface area contributed by atoms with Crippen LogP contribution in [0.5, 0.6) is 0 Å². The highest BCUT2D eigenvalue weighted by molar-refractivity contribution is 5.90. The first kappa shape index (κ1) is 13.8. The van der Waals surface area contributed by atoms with Gasteiger partial charge in [0.25, 0.3) is 0 Å². The molecule has 0 aromatic heterocycles. The highest BCUT2D eigenvalue weighted by Crippen LogP contribution is 2.58. The van der Waals surface area contributed by atoms with Crippen LogP contribution in [0.4, 0.5) is 0 Å². The number of hydrogen-bond donors (Lipinski definition) is 1. The molecule has 0 amide bonds. The van der Waals surface area contributed by atoms with E-state index in [0.29, 0.717) is 5.57 Å². The summed E-state index contributed by atoms with van der Waals surface area (Å²) < 4.78 is 21.7. The molecule has 4 aliphatic rings. The van der Waals surface area contributed by atoms with E-state index in [-0.39, 0.29) is 11.8 Å². The molecular weight excluding hydrogens is 292 g/mol. The lowest BCUT2D eigenvalue weighted by Gasteiger charge is -2.32. The molecule has 0 unspecified atom stereocenters. The first-order chi connectivity index (χ1) is 10.5. The van der Waals surface area contributed by atoms with Crippen molar-refractivity contribution >= 4 is 11.9 Å². The number of carbonyl (C=O) groups excluding carboxylic acids is 2. The minimum absolute atomic E-state index is 0.295.